The minimum atomic E-state index is -0.0563. The minimum Gasteiger partial charge on any atom is -0.378 e. The lowest BCUT2D eigenvalue weighted by atomic mass is 9.86. The van der Waals surface area contributed by atoms with E-state index in [1.807, 2.05) is 43.3 Å². The van der Waals surface area contributed by atoms with Crippen LogP contribution in [0.2, 0.25) is 0 Å². The molecule has 0 fully saturated rings. The van der Waals surface area contributed by atoms with Crippen molar-refractivity contribution in [1.29, 1.82) is 0 Å². The van der Waals surface area contributed by atoms with E-state index in [2.05, 4.69) is 36.0 Å². The maximum atomic E-state index is 12.2. The first-order chi connectivity index (χ1) is 9.90. The van der Waals surface area contributed by atoms with Gasteiger partial charge in [0.15, 0.2) is 0 Å². The van der Waals surface area contributed by atoms with Crippen molar-refractivity contribution >= 4 is 22.9 Å². The zero-order valence-electron chi connectivity index (χ0n) is 13.0. The lowest BCUT2D eigenvalue weighted by Gasteiger charge is -2.24. The summed E-state index contributed by atoms with van der Waals surface area (Å²) >= 11 is 1.68. The summed E-state index contributed by atoms with van der Waals surface area (Å²) in [4.78, 5) is 14.2. The molecule has 112 valence electrons. The van der Waals surface area contributed by atoms with Gasteiger partial charge in [0.25, 0.3) is 5.91 Å². The van der Waals surface area contributed by atoms with Gasteiger partial charge in [0.05, 0.1) is 0 Å². The van der Waals surface area contributed by atoms with E-state index in [9.17, 15) is 4.79 Å². The number of anilines is 1. The molecule has 0 bridgehead atoms. The van der Waals surface area contributed by atoms with E-state index in [1.54, 1.807) is 11.3 Å². The second-order valence-electron chi connectivity index (χ2n) is 6.02. The van der Waals surface area contributed by atoms with E-state index in [4.69, 9.17) is 0 Å². The summed E-state index contributed by atoms with van der Waals surface area (Å²) in [6, 6.07) is 9.76. The van der Waals surface area contributed by atoms with Gasteiger partial charge in [-0.05, 0) is 46.7 Å². The molecule has 1 aromatic carbocycles. The van der Waals surface area contributed by atoms with Crippen molar-refractivity contribution in [3.8, 4) is 0 Å². The Labute approximate surface area is 130 Å². The topological polar surface area (TPSA) is 32.3 Å². The predicted octanol–water partition coefficient (Wildman–Crippen LogP) is 3.52. The monoisotopic (exact) mass is 302 g/mol. The van der Waals surface area contributed by atoms with Crippen LogP contribution in [0, 0.1) is 0 Å². The lowest BCUT2D eigenvalue weighted by Crippen LogP contribution is -2.36. The average molecular weight is 302 g/mol. The first-order valence-electron chi connectivity index (χ1n) is 6.98. The van der Waals surface area contributed by atoms with E-state index < -0.39 is 0 Å². The van der Waals surface area contributed by atoms with Gasteiger partial charge in [-0.2, -0.15) is 11.3 Å². The van der Waals surface area contributed by atoms with E-state index in [1.165, 1.54) is 5.56 Å². The molecule has 0 unspecified atom stereocenters. The zero-order chi connectivity index (χ0) is 15.5. The number of rotatable bonds is 5. The highest BCUT2D eigenvalue weighted by Crippen LogP contribution is 2.24. The Balaban J connectivity index is 1.98. The molecule has 4 heteroatoms. The number of amides is 1. The first-order valence-corrected chi connectivity index (χ1v) is 7.93. The fraction of sp³-hybridized carbons (Fsp3) is 0.353. The SMILES string of the molecule is CN(C)c1ccc(C(=O)NCC(C)(C)c2ccsc2)cc1. The van der Waals surface area contributed by atoms with Crippen molar-refractivity contribution in [3.63, 3.8) is 0 Å². The van der Waals surface area contributed by atoms with Gasteiger partial charge >= 0.3 is 0 Å². The maximum absolute atomic E-state index is 12.2. The molecule has 0 atom stereocenters. The molecule has 0 aliphatic rings. The number of nitrogens with zero attached hydrogens (tertiary/aromatic N) is 1. The largest absolute Gasteiger partial charge is 0.378 e. The fourth-order valence-corrected chi connectivity index (χ4v) is 2.91. The zero-order valence-corrected chi connectivity index (χ0v) is 13.8. The number of nitrogens with one attached hydrogen (secondary N) is 1. The van der Waals surface area contributed by atoms with Gasteiger partial charge in [-0.25, -0.2) is 0 Å². The molecular weight excluding hydrogens is 280 g/mol. The Kier molecular flexibility index (Phi) is 4.68. The quantitative estimate of drug-likeness (QED) is 0.916. The summed E-state index contributed by atoms with van der Waals surface area (Å²) in [5.41, 5.74) is 2.99. The molecule has 0 saturated heterocycles. The Hall–Kier alpha value is -1.81. The Morgan fingerprint density at radius 1 is 1.19 bits per heavy atom. The molecule has 0 aliphatic heterocycles. The third-order valence-electron chi connectivity index (χ3n) is 3.64. The Bertz CT molecular complexity index is 586. The van der Waals surface area contributed by atoms with Crippen molar-refractivity contribution in [3.05, 3.63) is 52.2 Å². The smallest absolute Gasteiger partial charge is 0.251 e. The van der Waals surface area contributed by atoms with Crippen LogP contribution in [-0.2, 0) is 5.41 Å². The van der Waals surface area contributed by atoms with E-state index >= 15 is 0 Å². The number of hydrogen-bond donors (Lipinski definition) is 1. The Morgan fingerprint density at radius 2 is 1.86 bits per heavy atom. The molecule has 21 heavy (non-hydrogen) atoms. The highest BCUT2D eigenvalue weighted by molar-refractivity contribution is 7.08. The second kappa shape index (κ2) is 6.31. The van der Waals surface area contributed by atoms with Crippen LogP contribution in [-0.4, -0.2) is 26.5 Å². The molecule has 3 nitrogen and oxygen atoms in total. The molecule has 0 spiro atoms. The third-order valence-corrected chi connectivity index (χ3v) is 4.32. The van der Waals surface area contributed by atoms with Gasteiger partial charge < -0.3 is 10.2 Å². The molecule has 1 aromatic heterocycles. The van der Waals surface area contributed by atoms with Crippen LogP contribution < -0.4 is 10.2 Å². The summed E-state index contributed by atoms with van der Waals surface area (Å²) in [6.07, 6.45) is 0. The standard InChI is InChI=1S/C17H22N2OS/c1-17(2,14-9-10-21-11-14)12-18-16(20)13-5-7-15(8-6-13)19(3)4/h5-11H,12H2,1-4H3,(H,18,20). The van der Waals surface area contributed by atoms with Gasteiger partial charge in [0.1, 0.15) is 0 Å². The molecule has 0 saturated carbocycles. The number of hydrogen-bond acceptors (Lipinski definition) is 3. The number of thiophene rings is 1. The molecule has 1 N–H and O–H groups in total. The number of carbonyl (C=O) groups excluding carboxylic acids is 1. The average Bonchev–Trinajstić information content (AvgIpc) is 3.00. The van der Waals surface area contributed by atoms with Crippen LogP contribution >= 0.6 is 11.3 Å². The summed E-state index contributed by atoms with van der Waals surface area (Å²) in [5, 5.41) is 7.23. The van der Waals surface area contributed by atoms with Crippen molar-refractivity contribution in [2.75, 3.05) is 25.5 Å². The first kappa shape index (κ1) is 15.6. The summed E-state index contributed by atoms with van der Waals surface area (Å²) < 4.78 is 0. The molecular formula is C17H22N2OS. The highest BCUT2D eigenvalue weighted by atomic mass is 32.1. The maximum Gasteiger partial charge on any atom is 0.251 e. The summed E-state index contributed by atoms with van der Waals surface area (Å²) in [6.45, 7) is 4.91. The summed E-state index contributed by atoms with van der Waals surface area (Å²) in [7, 11) is 3.97. The van der Waals surface area contributed by atoms with Crippen LogP contribution in [0.3, 0.4) is 0 Å². The van der Waals surface area contributed by atoms with E-state index in [-0.39, 0.29) is 11.3 Å². The van der Waals surface area contributed by atoms with Crippen LogP contribution in [0.15, 0.2) is 41.1 Å². The van der Waals surface area contributed by atoms with Crippen LogP contribution in [0.25, 0.3) is 0 Å². The fourth-order valence-electron chi connectivity index (χ4n) is 2.07. The van der Waals surface area contributed by atoms with Crippen LogP contribution in [0.4, 0.5) is 5.69 Å². The van der Waals surface area contributed by atoms with E-state index in [0.717, 1.165) is 5.69 Å². The molecule has 0 radical (unpaired) electrons. The van der Waals surface area contributed by atoms with Gasteiger partial charge in [0, 0.05) is 37.3 Å². The molecule has 1 heterocycles. The minimum absolute atomic E-state index is 0.0244. The van der Waals surface area contributed by atoms with Gasteiger partial charge in [-0.15, -0.1) is 0 Å². The van der Waals surface area contributed by atoms with Crippen molar-refractivity contribution in [1.82, 2.24) is 5.32 Å². The van der Waals surface area contributed by atoms with Crippen LogP contribution in [0.5, 0.6) is 0 Å². The number of benzene rings is 1. The second-order valence-corrected chi connectivity index (χ2v) is 6.80. The highest BCUT2D eigenvalue weighted by Gasteiger charge is 2.22. The van der Waals surface area contributed by atoms with Gasteiger partial charge in [-0.1, -0.05) is 13.8 Å². The van der Waals surface area contributed by atoms with E-state index in [0.29, 0.717) is 12.1 Å². The normalized spacial score (nSPS) is 11.2. The molecule has 0 aliphatic carbocycles. The molecule has 1 amide bonds. The van der Waals surface area contributed by atoms with Crippen molar-refractivity contribution in [2.45, 2.75) is 19.3 Å². The number of carbonyl (C=O) groups is 1. The van der Waals surface area contributed by atoms with Crippen LogP contribution in [0.1, 0.15) is 29.8 Å². The van der Waals surface area contributed by atoms with Gasteiger partial charge in [-0.3, -0.25) is 4.79 Å². The van der Waals surface area contributed by atoms with Crippen molar-refractivity contribution < 1.29 is 4.79 Å². The lowest BCUT2D eigenvalue weighted by molar-refractivity contribution is 0.0945. The Morgan fingerprint density at radius 3 is 2.38 bits per heavy atom. The molecule has 2 aromatic rings. The molecule has 2 rings (SSSR count). The predicted molar refractivity (Wildman–Crippen MR) is 90.4 cm³/mol. The summed E-state index contributed by atoms with van der Waals surface area (Å²) in [5.74, 6) is -0.0244. The third kappa shape index (κ3) is 3.85. The van der Waals surface area contributed by atoms with Gasteiger partial charge in [0.2, 0.25) is 0 Å². The van der Waals surface area contributed by atoms with Crippen molar-refractivity contribution in [2.24, 2.45) is 0 Å².